The number of carbonyl (C=O) groups excluding carboxylic acids is 1. The highest BCUT2D eigenvalue weighted by Crippen LogP contribution is 2.21. The number of nitrogens with zero attached hydrogens (tertiary/aromatic N) is 3. The molecule has 3 heterocycles. The van der Waals surface area contributed by atoms with Gasteiger partial charge in [0, 0.05) is 43.8 Å². The molecule has 1 saturated heterocycles. The standard InChI is InChI=1S/C22H25N5O2/c1-26-10-12-27(13-11-26)19-7-5-18(6-8-19)25-21-9-4-17(15-23-21)22(28)24-16-20-3-2-14-29-20/h2-9,14-15H,10-13,16H2,1H3,(H,23,25)(H,24,28). The van der Waals surface area contributed by atoms with Crippen LogP contribution in [0.15, 0.2) is 65.4 Å². The van der Waals surface area contributed by atoms with Crippen LogP contribution in [-0.4, -0.2) is 49.0 Å². The van der Waals surface area contributed by atoms with E-state index in [9.17, 15) is 4.79 Å². The van der Waals surface area contributed by atoms with Gasteiger partial charge in [0.2, 0.25) is 0 Å². The van der Waals surface area contributed by atoms with Gasteiger partial charge in [-0.3, -0.25) is 4.79 Å². The fraction of sp³-hybridized carbons (Fsp3) is 0.273. The SMILES string of the molecule is CN1CCN(c2ccc(Nc3ccc(C(=O)NCc4ccco4)cn3)cc2)CC1. The van der Waals surface area contributed by atoms with Gasteiger partial charge in [-0.1, -0.05) is 0 Å². The van der Waals surface area contributed by atoms with Gasteiger partial charge in [-0.05, 0) is 55.6 Å². The second-order valence-electron chi connectivity index (χ2n) is 7.16. The molecule has 0 radical (unpaired) electrons. The number of hydrogen-bond donors (Lipinski definition) is 2. The summed E-state index contributed by atoms with van der Waals surface area (Å²) >= 11 is 0. The van der Waals surface area contributed by atoms with Crippen LogP contribution in [-0.2, 0) is 6.54 Å². The van der Waals surface area contributed by atoms with Crippen LogP contribution < -0.4 is 15.5 Å². The first kappa shape index (κ1) is 19.0. The monoisotopic (exact) mass is 391 g/mol. The zero-order valence-corrected chi connectivity index (χ0v) is 16.5. The Morgan fingerprint density at radius 2 is 1.86 bits per heavy atom. The summed E-state index contributed by atoms with van der Waals surface area (Å²) in [7, 11) is 2.16. The maximum absolute atomic E-state index is 12.2. The number of nitrogens with one attached hydrogen (secondary N) is 2. The minimum atomic E-state index is -0.183. The summed E-state index contributed by atoms with van der Waals surface area (Å²) in [5, 5.41) is 6.09. The van der Waals surface area contributed by atoms with Crippen molar-refractivity contribution in [3.63, 3.8) is 0 Å². The van der Waals surface area contributed by atoms with E-state index >= 15 is 0 Å². The number of benzene rings is 1. The Balaban J connectivity index is 1.32. The predicted octanol–water partition coefficient (Wildman–Crippen LogP) is 3.10. The Morgan fingerprint density at radius 1 is 1.07 bits per heavy atom. The number of pyridine rings is 1. The maximum atomic E-state index is 12.2. The van der Waals surface area contributed by atoms with Crippen molar-refractivity contribution in [1.29, 1.82) is 0 Å². The predicted molar refractivity (Wildman–Crippen MR) is 114 cm³/mol. The average molecular weight is 391 g/mol. The van der Waals surface area contributed by atoms with Gasteiger partial charge < -0.3 is 24.9 Å². The summed E-state index contributed by atoms with van der Waals surface area (Å²) in [4.78, 5) is 21.3. The van der Waals surface area contributed by atoms with Crippen LogP contribution in [0.2, 0.25) is 0 Å². The van der Waals surface area contributed by atoms with E-state index in [-0.39, 0.29) is 5.91 Å². The van der Waals surface area contributed by atoms with E-state index in [2.05, 4.69) is 56.7 Å². The number of amides is 1. The zero-order chi connectivity index (χ0) is 20.1. The summed E-state index contributed by atoms with van der Waals surface area (Å²) in [5.74, 6) is 1.22. The molecule has 1 aromatic carbocycles. The van der Waals surface area contributed by atoms with Crippen LogP contribution in [0.5, 0.6) is 0 Å². The number of likely N-dealkylation sites (N-methyl/N-ethyl adjacent to an activating group) is 1. The molecule has 2 aromatic heterocycles. The molecule has 0 atom stereocenters. The van der Waals surface area contributed by atoms with Crippen molar-refractivity contribution in [3.05, 3.63) is 72.3 Å². The molecular formula is C22H25N5O2. The minimum absolute atomic E-state index is 0.183. The molecule has 29 heavy (non-hydrogen) atoms. The Morgan fingerprint density at radius 3 is 2.52 bits per heavy atom. The molecule has 1 amide bonds. The van der Waals surface area contributed by atoms with E-state index in [0.717, 1.165) is 31.9 Å². The molecule has 0 spiro atoms. The largest absolute Gasteiger partial charge is 0.467 e. The number of hydrogen-bond acceptors (Lipinski definition) is 6. The first-order valence-corrected chi connectivity index (χ1v) is 9.74. The number of piperazine rings is 1. The second-order valence-corrected chi connectivity index (χ2v) is 7.16. The molecule has 0 bridgehead atoms. The van der Waals surface area contributed by atoms with Crippen LogP contribution >= 0.6 is 0 Å². The summed E-state index contributed by atoms with van der Waals surface area (Å²) in [6.07, 6.45) is 3.15. The smallest absolute Gasteiger partial charge is 0.253 e. The summed E-state index contributed by atoms with van der Waals surface area (Å²) in [6, 6.07) is 15.5. The Kier molecular flexibility index (Phi) is 5.76. The maximum Gasteiger partial charge on any atom is 0.253 e. The lowest BCUT2D eigenvalue weighted by atomic mass is 10.2. The van der Waals surface area contributed by atoms with Crippen molar-refractivity contribution in [1.82, 2.24) is 15.2 Å². The van der Waals surface area contributed by atoms with E-state index in [1.165, 1.54) is 5.69 Å². The van der Waals surface area contributed by atoms with Crippen LogP contribution in [0, 0.1) is 0 Å². The van der Waals surface area contributed by atoms with Gasteiger partial charge in [0.25, 0.3) is 5.91 Å². The van der Waals surface area contributed by atoms with Gasteiger partial charge in [0.1, 0.15) is 11.6 Å². The molecule has 150 valence electrons. The number of anilines is 3. The quantitative estimate of drug-likeness (QED) is 0.673. The first-order valence-electron chi connectivity index (χ1n) is 9.74. The average Bonchev–Trinajstić information content (AvgIpc) is 3.27. The molecule has 4 rings (SSSR count). The van der Waals surface area contributed by atoms with Crippen molar-refractivity contribution in [2.75, 3.05) is 43.4 Å². The third-order valence-electron chi connectivity index (χ3n) is 5.04. The molecule has 3 aromatic rings. The molecule has 0 aliphatic carbocycles. The summed E-state index contributed by atoms with van der Waals surface area (Å²) in [5.41, 5.74) is 2.71. The van der Waals surface area contributed by atoms with Crippen LogP contribution in [0.1, 0.15) is 16.1 Å². The van der Waals surface area contributed by atoms with Gasteiger partial charge in [0.15, 0.2) is 0 Å². The Hall–Kier alpha value is -3.32. The Bertz CT molecular complexity index is 915. The topological polar surface area (TPSA) is 73.6 Å². The van der Waals surface area contributed by atoms with Crippen LogP contribution in [0.3, 0.4) is 0 Å². The van der Waals surface area contributed by atoms with Crippen LogP contribution in [0.4, 0.5) is 17.2 Å². The van der Waals surface area contributed by atoms with Crippen molar-refractivity contribution in [3.8, 4) is 0 Å². The molecule has 7 nitrogen and oxygen atoms in total. The fourth-order valence-corrected chi connectivity index (χ4v) is 3.25. The third kappa shape index (κ3) is 4.94. The third-order valence-corrected chi connectivity index (χ3v) is 5.04. The van der Waals surface area contributed by atoms with E-state index in [1.807, 2.05) is 6.07 Å². The normalized spacial score (nSPS) is 14.6. The second kappa shape index (κ2) is 8.79. The summed E-state index contributed by atoms with van der Waals surface area (Å²) < 4.78 is 5.21. The van der Waals surface area contributed by atoms with Gasteiger partial charge in [-0.25, -0.2) is 4.98 Å². The molecule has 0 unspecified atom stereocenters. The van der Waals surface area contributed by atoms with Crippen molar-refractivity contribution in [2.45, 2.75) is 6.54 Å². The lowest BCUT2D eigenvalue weighted by Gasteiger charge is -2.34. The number of rotatable bonds is 6. The molecule has 1 aliphatic heterocycles. The highest BCUT2D eigenvalue weighted by atomic mass is 16.3. The molecule has 7 heteroatoms. The summed E-state index contributed by atoms with van der Waals surface area (Å²) in [6.45, 7) is 4.63. The van der Waals surface area contributed by atoms with Crippen molar-refractivity contribution in [2.24, 2.45) is 0 Å². The van der Waals surface area contributed by atoms with E-state index in [0.29, 0.717) is 23.7 Å². The number of carbonyl (C=O) groups is 1. The molecular weight excluding hydrogens is 366 g/mol. The van der Waals surface area contributed by atoms with E-state index < -0.39 is 0 Å². The molecule has 0 saturated carbocycles. The molecule has 1 fully saturated rings. The van der Waals surface area contributed by atoms with E-state index in [4.69, 9.17) is 4.42 Å². The Labute approximate surface area is 170 Å². The number of aromatic nitrogens is 1. The minimum Gasteiger partial charge on any atom is -0.467 e. The molecule has 1 aliphatic rings. The van der Waals surface area contributed by atoms with Crippen molar-refractivity contribution < 1.29 is 9.21 Å². The van der Waals surface area contributed by atoms with Gasteiger partial charge in [-0.15, -0.1) is 0 Å². The van der Waals surface area contributed by atoms with Crippen molar-refractivity contribution >= 4 is 23.1 Å². The number of furan rings is 1. The lowest BCUT2D eigenvalue weighted by molar-refractivity contribution is 0.0947. The highest BCUT2D eigenvalue weighted by Gasteiger charge is 2.14. The van der Waals surface area contributed by atoms with Gasteiger partial charge in [-0.2, -0.15) is 0 Å². The lowest BCUT2D eigenvalue weighted by Crippen LogP contribution is -2.44. The fourth-order valence-electron chi connectivity index (χ4n) is 3.25. The first-order chi connectivity index (χ1) is 14.2. The van der Waals surface area contributed by atoms with E-state index in [1.54, 1.807) is 30.7 Å². The zero-order valence-electron chi connectivity index (χ0n) is 16.5. The van der Waals surface area contributed by atoms with Crippen LogP contribution in [0.25, 0.3) is 0 Å². The molecule has 2 N–H and O–H groups in total. The highest BCUT2D eigenvalue weighted by molar-refractivity contribution is 5.94. The van der Waals surface area contributed by atoms with Gasteiger partial charge >= 0.3 is 0 Å². The van der Waals surface area contributed by atoms with Gasteiger partial charge in [0.05, 0.1) is 18.4 Å².